The van der Waals surface area contributed by atoms with Gasteiger partial charge in [0.2, 0.25) is 0 Å². The van der Waals surface area contributed by atoms with Crippen LogP contribution >= 0.6 is 0 Å². The zero-order chi connectivity index (χ0) is 29.3. The number of nitrogens with zero attached hydrogens (tertiary/aromatic N) is 1. The van der Waals surface area contributed by atoms with Gasteiger partial charge in [0.1, 0.15) is 5.75 Å². The molecule has 1 saturated carbocycles. The molecule has 0 radical (unpaired) electrons. The predicted molar refractivity (Wildman–Crippen MR) is 160 cm³/mol. The Morgan fingerprint density at radius 2 is 2.00 bits per heavy atom. The van der Waals surface area contributed by atoms with Crippen LogP contribution in [0, 0.1) is 26.7 Å². The van der Waals surface area contributed by atoms with E-state index >= 15 is 0 Å². The molecule has 3 unspecified atom stereocenters. The molecule has 9 heteroatoms. The van der Waals surface area contributed by atoms with Crippen molar-refractivity contribution < 1.29 is 19.0 Å². The van der Waals surface area contributed by atoms with Crippen LogP contribution in [0.2, 0.25) is 0 Å². The Bertz CT molecular complexity index is 1310. The summed E-state index contributed by atoms with van der Waals surface area (Å²) in [5.41, 5.74) is 4.32. The van der Waals surface area contributed by atoms with Gasteiger partial charge < -0.3 is 34.7 Å². The SMILES string of the molecule is CCN(c1cc(OC2CC(C3(C)CNCC(C)O3)C2)cc(C(=O)NCc2c(C)cc(C)[nH]c2=O)c1C)C1CCOC1. The van der Waals surface area contributed by atoms with E-state index in [1.807, 2.05) is 32.9 Å². The van der Waals surface area contributed by atoms with Crippen LogP contribution in [-0.2, 0) is 16.0 Å². The van der Waals surface area contributed by atoms with Gasteiger partial charge in [0.15, 0.2) is 0 Å². The van der Waals surface area contributed by atoms with Crippen molar-refractivity contribution in [1.29, 1.82) is 0 Å². The summed E-state index contributed by atoms with van der Waals surface area (Å²) in [6, 6.07) is 6.11. The number of aromatic nitrogens is 1. The van der Waals surface area contributed by atoms with Gasteiger partial charge in [-0.05, 0) is 90.0 Å². The molecule has 1 aliphatic carbocycles. The Morgan fingerprint density at radius 3 is 2.66 bits per heavy atom. The second-order valence-electron chi connectivity index (χ2n) is 12.3. The Labute approximate surface area is 243 Å². The maximum Gasteiger partial charge on any atom is 0.253 e. The number of likely N-dealkylation sites (N-methyl/N-ethyl adjacent to an activating group) is 1. The molecule has 3 heterocycles. The average molecular weight is 567 g/mol. The minimum Gasteiger partial charge on any atom is -0.490 e. The van der Waals surface area contributed by atoms with Crippen LogP contribution in [0.4, 0.5) is 5.69 Å². The average Bonchev–Trinajstić information content (AvgIpc) is 3.41. The van der Waals surface area contributed by atoms with Gasteiger partial charge >= 0.3 is 0 Å². The maximum absolute atomic E-state index is 13.6. The Balaban J connectivity index is 1.37. The topological polar surface area (TPSA) is 105 Å². The van der Waals surface area contributed by atoms with E-state index in [0.717, 1.165) is 68.0 Å². The standard InChI is InChI=1S/C32H46N4O5/c1-7-36(24-8-9-39-17-24)29-14-26(40-25-11-23(12-25)32(6)18-33-15-21(4)41-32)13-27(22(29)5)30(37)34-16-28-19(2)10-20(3)35-31(28)38/h10,13-14,21,23-25,33H,7-9,11-12,15-18H2,1-6H3,(H,34,37)(H,35,38). The number of nitrogens with one attached hydrogen (secondary N) is 3. The van der Waals surface area contributed by atoms with Gasteiger partial charge in [-0.15, -0.1) is 0 Å². The van der Waals surface area contributed by atoms with Gasteiger partial charge in [0, 0.05) is 61.4 Å². The van der Waals surface area contributed by atoms with Gasteiger partial charge in [-0.2, -0.15) is 0 Å². The minimum atomic E-state index is -0.220. The van der Waals surface area contributed by atoms with Crippen LogP contribution in [0.1, 0.15) is 72.8 Å². The normalized spacial score (nSPS) is 27.8. The number of carbonyl (C=O) groups is 1. The molecule has 3 fully saturated rings. The van der Waals surface area contributed by atoms with Crippen molar-refractivity contribution in [3.63, 3.8) is 0 Å². The number of H-pyrrole nitrogens is 1. The number of morpholine rings is 1. The van der Waals surface area contributed by atoms with Gasteiger partial charge in [-0.25, -0.2) is 0 Å². The van der Waals surface area contributed by atoms with Crippen LogP contribution in [0.5, 0.6) is 5.75 Å². The fourth-order valence-corrected chi connectivity index (χ4v) is 6.69. The fraction of sp³-hybridized carbons (Fsp3) is 0.625. The predicted octanol–water partition coefficient (Wildman–Crippen LogP) is 3.77. The monoisotopic (exact) mass is 566 g/mol. The summed E-state index contributed by atoms with van der Waals surface area (Å²) in [6.07, 6.45) is 3.05. The molecule has 2 aromatic rings. The first kappa shape index (κ1) is 29.6. The molecular formula is C32H46N4O5. The van der Waals surface area contributed by atoms with E-state index in [-0.39, 0.29) is 41.9 Å². The number of rotatable bonds is 9. The molecule has 224 valence electrons. The highest BCUT2D eigenvalue weighted by molar-refractivity contribution is 5.97. The van der Waals surface area contributed by atoms with Gasteiger partial charge in [-0.3, -0.25) is 9.59 Å². The molecule has 41 heavy (non-hydrogen) atoms. The summed E-state index contributed by atoms with van der Waals surface area (Å²) in [6.45, 7) is 16.3. The molecule has 1 aromatic heterocycles. The lowest BCUT2D eigenvalue weighted by Crippen LogP contribution is -2.59. The van der Waals surface area contributed by atoms with E-state index in [0.29, 0.717) is 29.4 Å². The van der Waals surface area contributed by atoms with Crippen molar-refractivity contribution >= 4 is 11.6 Å². The summed E-state index contributed by atoms with van der Waals surface area (Å²) in [7, 11) is 0. The van der Waals surface area contributed by atoms with Crippen LogP contribution in [0.25, 0.3) is 0 Å². The van der Waals surface area contributed by atoms with Crippen LogP contribution in [0.3, 0.4) is 0 Å². The largest absolute Gasteiger partial charge is 0.490 e. The number of amides is 1. The molecule has 3 N–H and O–H groups in total. The molecule has 0 bridgehead atoms. The van der Waals surface area contributed by atoms with Gasteiger partial charge in [0.25, 0.3) is 11.5 Å². The number of anilines is 1. The van der Waals surface area contributed by atoms with E-state index in [9.17, 15) is 9.59 Å². The van der Waals surface area contributed by atoms with Crippen molar-refractivity contribution in [1.82, 2.24) is 15.6 Å². The Kier molecular flexibility index (Phi) is 8.78. The number of hydrogen-bond donors (Lipinski definition) is 3. The zero-order valence-electron chi connectivity index (χ0n) is 25.4. The van der Waals surface area contributed by atoms with E-state index < -0.39 is 0 Å². The number of carbonyl (C=O) groups excluding carboxylic acids is 1. The summed E-state index contributed by atoms with van der Waals surface area (Å²) < 4.78 is 18.6. The zero-order valence-corrected chi connectivity index (χ0v) is 25.4. The highest BCUT2D eigenvalue weighted by Crippen LogP contribution is 2.43. The molecule has 0 spiro atoms. The number of pyridine rings is 1. The van der Waals surface area contributed by atoms with Crippen LogP contribution in [0.15, 0.2) is 23.0 Å². The first-order valence-corrected chi connectivity index (χ1v) is 15.1. The smallest absolute Gasteiger partial charge is 0.253 e. The molecular weight excluding hydrogens is 520 g/mol. The van der Waals surface area contributed by atoms with Crippen molar-refractivity contribution in [2.75, 3.05) is 37.7 Å². The van der Waals surface area contributed by atoms with Gasteiger partial charge in [0.05, 0.1) is 30.5 Å². The van der Waals surface area contributed by atoms with E-state index in [4.69, 9.17) is 14.2 Å². The Hall–Kier alpha value is -2.88. The van der Waals surface area contributed by atoms with E-state index in [1.165, 1.54) is 0 Å². The summed E-state index contributed by atoms with van der Waals surface area (Å²) in [5, 5.41) is 6.50. The van der Waals surface area contributed by atoms with Crippen molar-refractivity contribution in [3.8, 4) is 5.75 Å². The molecule has 5 rings (SSSR count). The molecule has 1 amide bonds. The third kappa shape index (κ3) is 6.32. The van der Waals surface area contributed by atoms with Gasteiger partial charge in [-0.1, -0.05) is 0 Å². The highest BCUT2D eigenvalue weighted by atomic mass is 16.5. The van der Waals surface area contributed by atoms with Crippen molar-refractivity contribution in [2.45, 2.75) is 91.2 Å². The number of aryl methyl sites for hydroxylation is 2. The van der Waals surface area contributed by atoms with Crippen molar-refractivity contribution in [3.05, 3.63) is 56.5 Å². The Morgan fingerprint density at radius 1 is 1.22 bits per heavy atom. The second kappa shape index (κ2) is 12.2. The summed E-state index contributed by atoms with van der Waals surface area (Å²) >= 11 is 0. The molecule has 1 aromatic carbocycles. The number of aromatic amines is 1. The quantitative estimate of drug-likeness (QED) is 0.425. The molecule has 3 atom stereocenters. The third-order valence-electron chi connectivity index (χ3n) is 9.15. The third-order valence-corrected chi connectivity index (χ3v) is 9.15. The number of hydrogen-bond acceptors (Lipinski definition) is 7. The summed E-state index contributed by atoms with van der Waals surface area (Å²) in [4.78, 5) is 31.3. The van der Waals surface area contributed by atoms with Crippen LogP contribution < -0.4 is 25.8 Å². The summed E-state index contributed by atoms with van der Waals surface area (Å²) in [5.74, 6) is 0.901. The minimum absolute atomic E-state index is 0.0720. The second-order valence-corrected chi connectivity index (χ2v) is 12.3. The fourth-order valence-electron chi connectivity index (χ4n) is 6.69. The first-order valence-electron chi connectivity index (χ1n) is 15.1. The molecule has 2 aliphatic heterocycles. The first-order chi connectivity index (χ1) is 19.6. The molecule has 9 nitrogen and oxygen atoms in total. The van der Waals surface area contributed by atoms with Crippen molar-refractivity contribution in [2.24, 2.45) is 5.92 Å². The molecule has 3 aliphatic rings. The lowest BCUT2D eigenvalue weighted by molar-refractivity contribution is -0.163. The highest BCUT2D eigenvalue weighted by Gasteiger charge is 2.47. The number of ether oxygens (including phenoxy) is 3. The van der Waals surface area contributed by atoms with Crippen LogP contribution in [-0.4, -0.2) is 67.6 Å². The molecule has 2 saturated heterocycles. The number of benzene rings is 1. The lowest BCUT2D eigenvalue weighted by Gasteiger charge is -2.49. The lowest BCUT2D eigenvalue weighted by atomic mass is 9.71. The maximum atomic E-state index is 13.6. The van der Waals surface area contributed by atoms with E-state index in [1.54, 1.807) is 0 Å². The van der Waals surface area contributed by atoms with E-state index in [2.05, 4.69) is 47.4 Å².